The van der Waals surface area contributed by atoms with Crippen molar-refractivity contribution in [2.45, 2.75) is 34.1 Å². The third kappa shape index (κ3) is 3.21. The Morgan fingerprint density at radius 3 is 2.39 bits per heavy atom. The smallest absolute Gasteiger partial charge is 0.0430 e. The Bertz CT molecular complexity index is 783. The lowest BCUT2D eigenvalue weighted by Crippen LogP contribution is -2.03. The number of allylic oxidation sites excluding steroid dienone is 1. The Morgan fingerprint density at radius 1 is 1.13 bits per heavy atom. The summed E-state index contributed by atoms with van der Waals surface area (Å²) in [7, 11) is 1.78. The molecule has 0 aliphatic rings. The van der Waals surface area contributed by atoms with Crippen molar-refractivity contribution >= 4 is 17.0 Å². The molecular formula is C21H26N2. The minimum absolute atomic E-state index is 0.790. The van der Waals surface area contributed by atoms with Crippen molar-refractivity contribution in [2.75, 3.05) is 12.8 Å². The van der Waals surface area contributed by atoms with Crippen molar-refractivity contribution < 1.29 is 0 Å². The predicted octanol–water partition coefficient (Wildman–Crippen LogP) is 5.22. The summed E-state index contributed by atoms with van der Waals surface area (Å²) in [5, 5.41) is 0. The van der Waals surface area contributed by atoms with Crippen LogP contribution in [0.1, 0.15) is 36.1 Å². The monoisotopic (exact) mass is 306 g/mol. The van der Waals surface area contributed by atoms with Crippen molar-refractivity contribution in [3.63, 3.8) is 0 Å². The molecule has 0 saturated heterocycles. The number of aryl methyl sites for hydroxylation is 2. The van der Waals surface area contributed by atoms with Gasteiger partial charge in [-0.3, -0.25) is 4.99 Å². The molecule has 0 aromatic heterocycles. The van der Waals surface area contributed by atoms with Crippen LogP contribution in [0.4, 0.5) is 5.69 Å². The number of hydrogen-bond acceptors (Lipinski definition) is 2. The van der Waals surface area contributed by atoms with Gasteiger partial charge in [0.1, 0.15) is 0 Å². The van der Waals surface area contributed by atoms with Gasteiger partial charge < -0.3 is 5.73 Å². The number of anilines is 1. The van der Waals surface area contributed by atoms with E-state index in [9.17, 15) is 0 Å². The van der Waals surface area contributed by atoms with Crippen LogP contribution in [0.5, 0.6) is 0 Å². The second-order valence-corrected chi connectivity index (χ2v) is 6.00. The van der Waals surface area contributed by atoms with Crippen LogP contribution in [0.15, 0.2) is 41.9 Å². The third-order valence-electron chi connectivity index (χ3n) is 4.54. The molecule has 0 bridgehead atoms. The van der Waals surface area contributed by atoms with Crippen LogP contribution in [0.2, 0.25) is 0 Å². The highest BCUT2D eigenvalue weighted by molar-refractivity contribution is 6.23. The van der Waals surface area contributed by atoms with E-state index in [4.69, 9.17) is 5.73 Å². The first kappa shape index (κ1) is 17.0. The molecule has 2 aromatic carbocycles. The second-order valence-electron chi connectivity index (χ2n) is 6.00. The van der Waals surface area contributed by atoms with Crippen molar-refractivity contribution in [2.24, 2.45) is 4.99 Å². The molecule has 2 aromatic rings. The SMILES string of the molecule is C=C(C(C)=NC)c1ccc(-c2ccc(C)cc2CC)c(C)c1N. The zero-order chi connectivity index (χ0) is 17.1. The topological polar surface area (TPSA) is 38.4 Å². The van der Waals surface area contributed by atoms with Crippen molar-refractivity contribution in [1.82, 2.24) is 0 Å². The maximum atomic E-state index is 6.42. The van der Waals surface area contributed by atoms with Gasteiger partial charge in [0.25, 0.3) is 0 Å². The summed E-state index contributed by atoms with van der Waals surface area (Å²) in [5.74, 6) is 0. The molecule has 0 spiro atoms. The normalized spacial score (nSPS) is 11.6. The van der Waals surface area contributed by atoms with Crippen LogP contribution in [0.3, 0.4) is 0 Å². The van der Waals surface area contributed by atoms with Crippen LogP contribution < -0.4 is 5.73 Å². The molecule has 0 saturated carbocycles. The van der Waals surface area contributed by atoms with Gasteiger partial charge in [-0.05, 0) is 55.0 Å². The lowest BCUT2D eigenvalue weighted by Gasteiger charge is -2.17. The molecule has 0 unspecified atom stereocenters. The van der Waals surface area contributed by atoms with E-state index in [0.717, 1.165) is 34.5 Å². The minimum atomic E-state index is 0.790. The van der Waals surface area contributed by atoms with E-state index in [0.29, 0.717) is 0 Å². The number of rotatable bonds is 4. The average molecular weight is 306 g/mol. The van der Waals surface area contributed by atoms with Gasteiger partial charge >= 0.3 is 0 Å². The Morgan fingerprint density at radius 2 is 1.78 bits per heavy atom. The zero-order valence-electron chi connectivity index (χ0n) is 14.8. The molecule has 0 aliphatic heterocycles. The van der Waals surface area contributed by atoms with E-state index in [2.05, 4.69) is 62.7 Å². The summed E-state index contributed by atoms with van der Waals surface area (Å²) in [6.07, 6.45) is 1.01. The Labute approximate surface area is 139 Å². The molecule has 2 N–H and O–H groups in total. The molecule has 2 heteroatoms. The third-order valence-corrected chi connectivity index (χ3v) is 4.54. The van der Waals surface area contributed by atoms with Crippen LogP contribution in [-0.2, 0) is 6.42 Å². The maximum Gasteiger partial charge on any atom is 0.0430 e. The highest BCUT2D eigenvalue weighted by Gasteiger charge is 2.14. The van der Waals surface area contributed by atoms with Gasteiger partial charge in [-0.15, -0.1) is 0 Å². The van der Waals surface area contributed by atoms with E-state index in [1.807, 2.05) is 6.92 Å². The van der Waals surface area contributed by atoms with Crippen molar-refractivity contribution in [3.05, 3.63) is 59.2 Å². The lowest BCUT2D eigenvalue weighted by molar-refractivity contribution is 1.13. The summed E-state index contributed by atoms with van der Waals surface area (Å²) in [6.45, 7) is 12.5. The standard InChI is InChI=1S/C21H26N2/c1-7-17-12-13(2)8-9-20(17)18-10-11-19(21(22)15(18)4)14(3)16(5)23-6/h8-12H,3,7,22H2,1-2,4-6H3. The lowest BCUT2D eigenvalue weighted by atomic mass is 9.89. The zero-order valence-corrected chi connectivity index (χ0v) is 14.8. The second kappa shape index (κ2) is 6.82. The Kier molecular flexibility index (Phi) is 5.05. The van der Waals surface area contributed by atoms with E-state index in [-0.39, 0.29) is 0 Å². The van der Waals surface area contributed by atoms with Gasteiger partial charge in [-0.25, -0.2) is 0 Å². The van der Waals surface area contributed by atoms with Crippen LogP contribution >= 0.6 is 0 Å². The van der Waals surface area contributed by atoms with Gasteiger partial charge in [-0.1, -0.05) is 49.4 Å². The molecule has 120 valence electrons. The average Bonchev–Trinajstić information content (AvgIpc) is 2.56. The molecule has 2 rings (SSSR count). The van der Waals surface area contributed by atoms with Gasteiger partial charge in [0.15, 0.2) is 0 Å². The van der Waals surface area contributed by atoms with Gasteiger partial charge in [0.05, 0.1) is 0 Å². The molecule has 23 heavy (non-hydrogen) atoms. The van der Waals surface area contributed by atoms with E-state index >= 15 is 0 Å². The highest BCUT2D eigenvalue weighted by Crippen LogP contribution is 2.34. The van der Waals surface area contributed by atoms with Crippen molar-refractivity contribution in [3.8, 4) is 11.1 Å². The number of hydrogen-bond donors (Lipinski definition) is 1. The predicted molar refractivity (Wildman–Crippen MR) is 103 cm³/mol. The summed E-state index contributed by atoms with van der Waals surface area (Å²) in [4.78, 5) is 4.21. The summed E-state index contributed by atoms with van der Waals surface area (Å²) < 4.78 is 0. The number of nitrogens with zero attached hydrogens (tertiary/aromatic N) is 1. The number of nitrogen functional groups attached to an aromatic ring is 1. The molecule has 0 radical (unpaired) electrons. The summed E-state index contributed by atoms with van der Waals surface area (Å²) >= 11 is 0. The van der Waals surface area contributed by atoms with Crippen LogP contribution in [0, 0.1) is 13.8 Å². The van der Waals surface area contributed by atoms with Gasteiger partial charge in [-0.2, -0.15) is 0 Å². The summed E-state index contributed by atoms with van der Waals surface area (Å²) in [5.41, 5.74) is 16.2. The highest BCUT2D eigenvalue weighted by atomic mass is 14.7. The van der Waals surface area contributed by atoms with E-state index in [1.165, 1.54) is 22.3 Å². The summed E-state index contributed by atoms with van der Waals surface area (Å²) in [6, 6.07) is 10.8. The first-order chi connectivity index (χ1) is 10.9. The first-order valence-corrected chi connectivity index (χ1v) is 8.02. The fraction of sp³-hybridized carbons (Fsp3) is 0.286. The Hall–Kier alpha value is -2.35. The number of aliphatic imine (C=N–C) groups is 1. The molecule has 2 nitrogen and oxygen atoms in total. The minimum Gasteiger partial charge on any atom is -0.398 e. The van der Waals surface area contributed by atoms with E-state index in [1.54, 1.807) is 7.05 Å². The van der Waals surface area contributed by atoms with E-state index < -0.39 is 0 Å². The van der Waals surface area contributed by atoms with Crippen LogP contribution in [0.25, 0.3) is 16.7 Å². The molecular weight excluding hydrogens is 280 g/mol. The largest absolute Gasteiger partial charge is 0.398 e. The molecule has 0 aliphatic carbocycles. The molecule has 0 fully saturated rings. The number of nitrogens with two attached hydrogens (primary N) is 1. The maximum absolute atomic E-state index is 6.42. The van der Waals surface area contributed by atoms with Crippen molar-refractivity contribution in [1.29, 1.82) is 0 Å². The molecule has 0 amide bonds. The van der Waals surface area contributed by atoms with Crippen LogP contribution in [-0.4, -0.2) is 12.8 Å². The van der Waals surface area contributed by atoms with Gasteiger partial charge in [0, 0.05) is 24.0 Å². The fourth-order valence-corrected chi connectivity index (χ4v) is 2.89. The first-order valence-electron chi connectivity index (χ1n) is 8.02. The fourth-order valence-electron chi connectivity index (χ4n) is 2.89. The Balaban J connectivity index is 2.60. The number of benzene rings is 2. The quantitative estimate of drug-likeness (QED) is 0.610. The molecule has 0 atom stereocenters. The molecule has 0 heterocycles. The van der Waals surface area contributed by atoms with Gasteiger partial charge in [0.2, 0.25) is 0 Å².